The van der Waals surface area contributed by atoms with Crippen molar-refractivity contribution in [2.24, 2.45) is 0 Å². The van der Waals surface area contributed by atoms with E-state index in [0.717, 1.165) is 46.0 Å². The summed E-state index contributed by atoms with van der Waals surface area (Å²) < 4.78 is 12.4. The number of ether oxygens (including phenoxy) is 1. The number of piperazine rings is 1. The standard InChI is InChI=1S/C21H37N2O2Si/c1-21(2,3)26(4,5)25-17-20-14-22-11-12-24-16-19(22)15-23(20)13-18-9-7-6-8-10-18/h6-10,19-20,26H,11-17H2,1-5H3/q-1/t19-,20-/m0/s1. The first-order valence-corrected chi connectivity index (χ1v) is 13.6. The van der Waals surface area contributed by atoms with Gasteiger partial charge in [-0.1, -0.05) is 0 Å². The van der Waals surface area contributed by atoms with Crippen LogP contribution in [0.25, 0.3) is 0 Å². The van der Waals surface area contributed by atoms with Gasteiger partial charge in [0.25, 0.3) is 0 Å². The van der Waals surface area contributed by atoms with Crippen LogP contribution in [0.2, 0.25) is 18.1 Å². The van der Waals surface area contributed by atoms with Crippen molar-refractivity contribution >= 4 is 8.32 Å². The molecule has 1 aromatic rings. The molecule has 0 N–H and O–H groups in total. The Balaban J connectivity index is 1.70. The maximum atomic E-state index is 6.65. The van der Waals surface area contributed by atoms with Crippen molar-refractivity contribution in [3.63, 3.8) is 0 Å². The molecule has 3 rings (SSSR count). The molecule has 0 saturated carbocycles. The topological polar surface area (TPSA) is 24.9 Å². The molecule has 0 bridgehead atoms. The molecule has 0 aliphatic carbocycles. The second-order valence-electron chi connectivity index (χ2n) is 9.74. The first kappa shape index (κ1) is 20.0. The molecule has 2 heterocycles. The molecule has 2 fully saturated rings. The van der Waals surface area contributed by atoms with E-state index in [1.807, 2.05) is 0 Å². The van der Waals surface area contributed by atoms with E-state index in [9.17, 15) is 0 Å². The quantitative estimate of drug-likeness (QED) is 0.735. The molecule has 5 heteroatoms. The normalized spacial score (nSPS) is 26.5. The molecule has 4 nitrogen and oxygen atoms in total. The zero-order valence-electron chi connectivity index (χ0n) is 17.3. The van der Waals surface area contributed by atoms with Gasteiger partial charge in [-0.3, -0.25) is 0 Å². The molecule has 0 unspecified atom stereocenters. The zero-order chi connectivity index (χ0) is 18.8. The fourth-order valence-corrected chi connectivity index (χ4v) is 4.88. The predicted molar refractivity (Wildman–Crippen MR) is 111 cm³/mol. The van der Waals surface area contributed by atoms with Gasteiger partial charge in [0, 0.05) is 0 Å². The Kier molecular flexibility index (Phi) is 6.24. The summed E-state index contributed by atoms with van der Waals surface area (Å²) in [6, 6.07) is 11.8. The van der Waals surface area contributed by atoms with Gasteiger partial charge < -0.3 is 0 Å². The summed E-state index contributed by atoms with van der Waals surface area (Å²) in [5.41, 5.74) is 1.39. The van der Waals surface area contributed by atoms with Crippen molar-refractivity contribution in [3.05, 3.63) is 35.9 Å². The zero-order valence-corrected chi connectivity index (χ0v) is 18.4. The molecule has 0 amide bonds. The van der Waals surface area contributed by atoms with Gasteiger partial charge in [0.1, 0.15) is 0 Å². The summed E-state index contributed by atoms with van der Waals surface area (Å²) in [6.45, 7) is 18.6. The Bertz CT molecular complexity index is 573. The predicted octanol–water partition coefficient (Wildman–Crippen LogP) is 3.33. The molecule has 2 atom stereocenters. The summed E-state index contributed by atoms with van der Waals surface area (Å²) in [4.78, 5) is 5.25. The van der Waals surface area contributed by atoms with E-state index in [-0.39, 0.29) is 5.04 Å². The van der Waals surface area contributed by atoms with Gasteiger partial charge >= 0.3 is 160 Å². The van der Waals surface area contributed by atoms with Crippen molar-refractivity contribution in [2.45, 2.75) is 57.5 Å². The molecule has 2 saturated heterocycles. The molecule has 148 valence electrons. The molecular weight excluding hydrogens is 340 g/mol. The van der Waals surface area contributed by atoms with Gasteiger partial charge in [-0.05, 0) is 0 Å². The molecule has 0 spiro atoms. The third kappa shape index (κ3) is 4.76. The molecule has 0 aromatic heterocycles. The van der Waals surface area contributed by atoms with Crippen LogP contribution in [0.1, 0.15) is 26.3 Å². The monoisotopic (exact) mass is 377 g/mol. The van der Waals surface area contributed by atoms with Crippen molar-refractivity contribution in [2.75, 3.05) is 39.5 Å². The fraction of sp³-hybridized carbons (Fsp3) is 0.714. The van der Waals surface area contributed by atoms with Gasteiger partial charge in [0.05, 0.1) is 0 Å². The average Bonchev–Trinajstić information content (AvgIpc) is 2.60. The Morgan fingerprint density at radius 1 is 1.15 bits per heavy atom. The third-order valence-electron chi connectivity index (χ3n) is 6.78. The van der Waals surface area contributed by atoms with Crippen molar-refractivity contribution < 1.29 is 9.16 Å². The molecule has 0 radical (unpaired) electrons. The minimum absolute atomic E-state index is 0.285. The van der Waals surface area contributed by atoms with Crippen LogP contribution in [0.4, 0.5) is 0 Å². The van der Waals surface area contributed by atoms with Gasteiger partial charge in [-0.15, -0.1) is 0 Å². The van der Waals surface area contributed by atoms with E-state index in [2.05, 4.69) is 74.0 Å². The number of fused-ring (bicyclic) bond motifs is 1. The van der Waals surface area contributed by atoms with Crippen LogP contribution < -0.4 is 0 Å². The summed E-state index contributed by atoms with van der Waals surface area (Å²) >= 11 is 0. The van der Waals surface area contributed by atoms with Crippen molar-refractivity contribution in [1.82, 2.24) is 9.80 Å². The van der Waals surface area contributed by atoms with Crippen LogP contribution in [-0.2, 0) is 15.7 Å². The number of hydrogen-bond donors (Lipinski definition) is 0. The molecule has 26 heavy (non-hydrogen) atoms. The first-order chi connectivity index (χ1) is 12.3. The van der Waals surface area contributed by atoms with Gasteiger partial charge in [0.15, 0.2) is 0 Å². The van der Waals surface area contributed by atoms with Crippen LogP contribution in [0.15, 0.2) is 30.3 Å². The second-order valence-corrected chi connectivity index (χ2v) is 15.3. The summed E-state index contributed by atoms with van der Waals surface area (Å²) in [6.07, 6.45) is 0. The Labute approximate surface area is 160 Å². The summed E-state index contributed by atoms with van der Waals surface area (Å²) in [5.74, 6) is 0. The van der Waals surface area contributed by atoms with Crippen LogP contribution in [-0.4, -0.2) is 69.7 Å². The SMILES string of the molecule is CC(C)(C)[SiH-](C)(C)OC[C@@H]1CN2CCOC[C@@H]2CN1Cc1ccccc1. The molecule has 1 aromatic carbocycles. The van der Waals surface area contributed by atoms with Gasteiger partial charge in [0.2, 0.25) is 0 Å². The number of nitrogens with zero attached hydrogens (tertiary/aromatic N) is 2. The fourth-order valence-electron chi connectivity index (χ4n) is 3.67. The second kappa shape index (κ2) is 8.11. The number of benzene rings is 1. The Morgan fingerprint density at radius 3 is 2.58 bits per heavy atom. The van der Waals surface area contributed by atoms with Crippen LogP contribution in [0.5, 0.6) is 0 Å². The minimum atomic E-state index is -2.04. The number of hydrogen-bond acceptors (Lipinski definition) is 4. The van der Waals surface area contributed by atoms with Crippen LogP contribution in [0, 0.1) is 0 Å². The molecule has 2 aliphatic rings. The average molecular weight is 378 g/mol. The van der Waals surface area contributed by atoms with E-state index in [1.54, 1.807) is 0 Å². The summed E-state index contributed by atoms with van der Waals surface area (Å²) in [7, 11) is -2.04. The van der Waals surface area contributed by atoms with Crippen molar-refractivity contribution in [3.8, 4) is 0 Å². The van der Waals surface area contributed by atoms with Crippen LogP contribution >= 0.6 is 0 Å². The number of morpholine rings is 1. The third-order valence-corrected chi connectivity index (χ3v) is 12.0. The Hall–Kier alpha value is -0.723. The Morgan fingerprint density at radius 2 is 1.88 bits per heavy atom. The first-order valence-electron chi connectivity index (χ1n) is 10.2. The maximum absolute atomic E-state index is 6.65. The number of rotatable bonds is 5. The molecular formula is C21H37N2O2Si-. The van der Waals surface area contributed by atoms with E-state index in [1.165, 1.54) is 5.56 Å². The van der Waals surface area contributed by atoms with Crippen molar-refractivity contribution in [1.29, 1.82) is 0 Å². The van der Waals surface area contributed by atoms with E-state index < -0.39 is 8.32 Å². The van der Waals surface area contributed by atoms with Gasteiger partial charge in [-0.2, -0.15) is 0 Å². The molecule has 2 aliphatic heterocycles. The van der Waals surface area contributed by atoms with E-state index in [0.29, 0.717) is 12.1 Å². The van der Waals surface area contributed by atoms with E-state index in [4.69, 9.17) is 9.16 Å². The van der Waals surface area contributed by atoms with Gasteiger partial charge in [-0.25, -0.2) is 0 Å². The summed E-state index contributed by atoms with van der Waals surface area (Å²) in [5, 5.41) is 0.285. The van der Waals surface area contributed by atoms with E-state index >= 15 is 0 Å². The van der Waals surface area contributed by atoms with Crippen LogP contribution in [0.3, 0.4) is 0 Å².